The van der Waals surface area contributed by atoms with Crippen LogP contribution in [0.1, 0.15) is 81.9 Å². The third-order valence-corrected chi connectivity index (χ3v) is 7.08. The van der Waals surface area contributed by atoms with Crippen LogP contribution in [0.25, 0.3) is 0 Å². The van der Waals surface area contributed by atoms with Gasteiger partial charge in [0.1, 0.15) is 0 Å². The molecule has 2 aromatic rings. The summed E-state index contributed by atoms with van der Waals surface area (Å²) in [5, 5.41) is 3.64. The van der Waals surface area contributed by atoms with E-state index in [4.69, 9.17) is 0 Å². The second-order valence-corrected chi connectivity index (χ2v) is 9.49. The van der Waals surface area contributed by atoms with Crippen molar-refractivity contribution in [2.24, 2.45) is 5.92 Å². The molecule has 2 aromatic carbocycles. The Kier molecular flexibility index (Phi) is 5.67. The Morgan fingerprint density at radius 2 is 1.66 bits per heavy atom. The van der Waals surface area contributed by atoms with Gasteiger partial charge in [-0.3, -0.25) is 0 Å². The lowest BCUT2D eigenvalue weighted by molar-refractivity contribution is 0.394. The van der Waals surface area contributed by atoms with Crippen molar-refractivity contribution in [3.63, 3.8) is 0 Å². The number of fused-ring (bicyclic) bond motifs is 3. The number of rotatable bonds is 7. The third-order valence-electron chi connectivity index (χ3n) is 7.08. The Hall–Kier alpha value is -2.28. The molecule has 0 saturated heterocycles. The van der Waals surface area contributed by atoms with Crippen LogP contribution in [0.4, 0.5) is 11.4 Å². The average Bonchev–Trinajstić information content (AvgIpc) is 2.96. The van der Waals surface area contributed by atoms with Gasteiger partial charge >= 0.3 is 0 Å². The molecule has 0 heterocycles. The zero-order valence-electron chi connectivity index (χ0n) is 18.4. The van der Waals surface area contributed by atoms with Crippen LogP contribution in [0.2, 0.25) is 0 Å². The molecular formula is C28H35N. The van der Waals surface area contributed by atoms with Gasteiger partial charge in [0.25, 0.3) is 0 Å². The first-order valence-electron chi connectivity index (χ1n) is 11.4. The Morgan fingerprint density at radius 3 is 2.41 bits per heavy atom. The van der Waals surface area contributed by atoms with E-state index in [-0.39, 0.29) is 5.41 Å². The van der Waals surface area contributed by atoms with Gasteiger partial charge in [-0.15, -0.1) is 0 Å². The summed E-state index contributed by atoms with van der Waals surface area (Å²) in [5.41, 5.74) is 6.94. The van der Waals surface area contributed by atoms with Gasteiger partial charge < -0.3 is 5.32 Å². The fourth-order valence-electron chi connectivity index (χ4n) is 5.18. The van der Waals surface area contributed by atoms with Crippen molar-refractivity contribution in [3.8, 4) is 0 Å². The Morgan fingerprint density at radius 1 is 0.931 bits per heavy atom. The fourth-order valence-corrected chi connectivity index (χ4v) is 5.18. The SMILES string of the molecule is CCCCCC(C)c1ccc(Nc2ccc3c(c2)C(C)(C)C2C=CC=CC32)cc1. The maximum absolute atomic E-state index is 3.64. The smallest absolute Gasteiger partial charge is 0.0387 e. The first-order chi connectivity index (χ1) is 14.0. The van der Waals surface area contributed by atoms with Crippen LogP contribution < -0.4 is 5.32 Å². The predicted octanol–water partition coefficient (Wildman–Crippen LogP) is 8.23. The molecule has 4 rings (SSSR count). The minimum atomic E-state index is 0.163. The predicted molar refractivity (Wildman–Crippen MR) is 126 cm³/mol. The van der Waals surface area contributed by atoms with Crippen LogP contribution in [0.3, 0.4) is 0 Å². The second-order valence-electron chi connectivity index (χ2n) is 9.49. The van der Waals surface area contributed by atoms with Crippen molar-refractivity contribution >= 4 is 11.4 Å². The average molecular weight is 386 g/mol. The van der Waals surface area contributed by atoms with E-state index >= 15 is 0 Å². The molecule has 0 saturated carbocycles. The summed E-state index contributed by atoms with van der Waals surface area (Å²) >= 11 is 0. The van der Waals surface area contributed by atoms with Gasteiger partial charge in [-0.25, -0.2) is 0 Å². The third kappa shape index (κ3) is 3.92. The molecule has 0 bridgehead atoms. The Labute approximate surface area is 176 Å². The zero-order chi connectivity index (χ0) is 20.4. The largest absolute Gasteiger partial charge is 0.356 e. The molecule has 0 fully saturated rings. The molecule has 0 aromatic heterocycles. The van der Waals surface area contributed by atoms with Gasteiger partial charge in [-0.2, -0.15) is 0 Å². The van der Waals surface area contributed by atoms with E-state index in [1.165, 1.54) is 53.7 Å². The highest BCUT2D eigenvalue weighted by Crippen LogP contribution is 2.53. The first kappa shape index (κ1) is 20.0. The topological polar surface area (TPSA) is 12.0 Å². The molecule has 3 unspecified atom stereocenters. The van der Waals surface area contributed by atoms with E-state index in [9.17, 15) is 0 Å². The van der Waals surface area contributed by atoms with Gasteiger partial charge in [0.05, 0.1) is 0 Å². The van der Waals surface area contributed by atoms with Crippen molar-refractivity contribution in [2.45, 2.75) is 70.6 Å². The van der Waals surface area contributed by atoms with Crippen molar-refractivity contribution in [2.75, 3.05) is 5.32 Å². The molecule has 2 aliphatic rings. The Balaban J connectivity index is 1.49. The standard InChI is InChI=1S/C28H35N/c1-5-6-7-10-20(2)21-13-15-22(16-14-21)29-23-17-18-25-24-11-8-9-12-26(24)28(3,4)27(25)19-23/h8-9,11-20,24,26,29H,5-7,10H2,1-4H3. The summed E-state index contributed by atoms with van der Waals surface area (Å²) in [5.74, 6) is 1.72. The molecule has 152 valence electrons. The lowest BCUT2D eigenvalue weighted by Crippen LogP contribution is -2.24. The fraction of sp³-hybridized carbons (Fsp3) is 0.429. The summed E-state index contributed by atoms with van der Waals surface area (Å²) in [6, 6.07) is 16.0. The number of nitrogens with one attached hydrogen (secondary N) is 1. The normalized spacial score (nSPS) is 22.2. The van der Waals surface area contributed by atoms with E-state index in [0.717, 1.165) is 0 Å². The number of hydrogen-bond donors (Lipinski definition) is 1. The van der Waals surface area contributed by atoms with Gasteiger partial charge in [0.2, 0.25) is 0 Å². The summed E-state index contributed by atoms with van der Waals surface area (Å²) in [7, 11) is 0. The van der Waals surface area contributed by atoms with Crippen LogP contribution in [0.15, 0.2) is 66.8 Å². The van der Waals surface area contributed by atoms with Gasteiger partial charge in [0.15, 0.2) is 0 Å². The number of allylic oxidation sites excluding steroid dienone is 4. The summed E-state index contributed by atoms with van der Waals surface area (Å²) in [6.45, 7) is 9.40. The molecule has 3 atom stereocenters. The quantitative estimate of drug-likeness (QED) is 0.473. The second kappa shape index (κ2) is 8.22. The molecule has 0 radical (unpaired) electrons. The molecule has 1 heteroatoms. The summed E-state index contributed by atoms with van der Waals surface area (Å²) < 4.78 is 0. The molecule has 0 amide bonds. The van der Waals surface area contributed by atoms with Crippen molar-refractivity contribution in [1.29, 1.82) is 0 Å². The molecule has 0 aliphatic heterocycles. The maximum atomic E-state index is 3.64. The molecule has 0 spiro atoms. The molecular weight excluding hydrogens is 350 g/mol. The van der Waals surface area contributed by atoms with Gasteiger partial charge in [0, 0.05) is 17.3 Å². The minimum Gasteiger partial charge on any atom is -0.356 e. The van der Waals surface area contributed by atoms with E-state index < -0.39 is 0 Å². The van der Waals surface area contributed by atoms with E-state index in [1.54, 1.807) is 0 Å². The minimum absolute atomic E-state index is 0.163. The van der Waals surface area contributed by atoms with Crippen molar-refractivity contribution < 1.29 is 0 Å². The maximum Gasteiger partial charge on any atom is 0.0387 e. The Bertz CT molecular complexity index is 900. The molecule has 29 heavy (non-hydrogen) atoms. The first-order valence-corrected chi connectivity index (χ1v) is 11.4. The van der Waals surface area contributed by atoms with Crippen LogP contribution in [-0.2, 0) is 5.41 Å². The van der Waals surface area contributed by atoms with E-state index in [0.29, 0.717) is 17.8 Å². The highest BCUT2D eigenvalue weighted by molar-refractivity contribution is 5.64. The highest BCUT2D eigenvalue weighted by atomic mass is 14.9. The lowest BCUT2D eigenvalue weighted by Gasteiger charge is -2.29. The number of benzene rings is 2. The van der Waals surface area contributed by atoms with Crippen LogP contribution in [-0.4, -0.2) is 0 Å². The molecule has 2 aliphatic carbocycles. The monoisotopic (exact) mass is 385 g/mol. The summed E-state index contributed by atoms with van der Waals surface area (Å²) in [6.07, 6.45) is 14.4. The zero-order valence-corrected chi connectivity index (χ0v) is 18.4. The lowest BCUT2D eigenvalue weighted by atomic mass is 9.74. The highest BCUT2D eigenvalue weighted by Gasteiger charge is 2.44. The van der Waals surface area contributed by atoms with Crippen molar-refractivity contribution in [1.82, 2.24) is 0 Å². The van der Waals surface area contributed by atoms with Gasteiger partial charge in [-0.1, -0.05) is 89.5 Å². The summed E-state index contributed by atoms with van der Waals surface area (Å²) in [4.78, 5) is 0. The van der Waals surface area contributed by atoms with E-state index in [1.807, 2.05) is 0 Å². The number of anilines is 2. The van der Waals surface area contributed by atoms with Crippen LogP contribution in [0.5, 0.6) is 0 Å². The number of hydrogen-bond acceptors (Lipinski definition) is 1. The van der Waals surface area contributed by atoms with Gasteiger partial charge in [-0.05, 0) is 64.6 Å². The van der Waals surface area contributed by atoms with Crippen LogP contribution in [0, 0.1) is 5.92 Å². The van der Waals surface area contributed by atoms with E-state index in [2.05, 4.69) is 99.8 Å². The van der Waals surface area contributed by atoms with Crippen LogP contribution >= 0.6 is 0 Å². The molecule has 1 nitrogen and oxygen atoms in total. The molecule has 1 N–H and O–H groups in total. The number of unbranched alkanes of at least 4 members (excludes halogenated alkanes) is 2. The van der Waals surface area contributed by atoms with Crippen molar-refractivity contribution in [3.05, 3.63) is 83.5 Å².